The van der Waals surface area contributed by atoms with Crippen LogP contribution in [0.1, 0.15) is 29.2 Å². The molecule has 0 fully saturated rings. The number of rotatable bonds is 2. The molecule has 4 nitrogen and oxygen atoms in total. The SMILES string of the molecule is Cn1c(N)nnc1SC1CCCc2ccc(F)cc21. The van der Waals surface area contributed by atoms with Gasteiger partial charge < -0.3 is 5.73 Å². The van der Waals surface area contributed by atoms with Gasteiger partial charge in [-0.3, -0.25) is 4.57 Å². The molecule has 6 heteroatoms. The first-order valence-electron chi connectivity index (χ1n) is 6.25. The molecule has 0 saturated carbocycles. The molecule has 2 aromatic rings. The minimum Gasteiger partial charge on any atom is -0.368 e. The number of nitrogens with two attached hydrogens (primary N) is 1. The Morgan fingerprint density at radius 1 is 1.42 bits per heavy atom. The predicted molar refractivity (Wildman–Crippen MR) is 73.4 cm³/mol. The van der Waals surface area contributed by atoms with E-state index in [2.05, 4.69) is 10.2 Å². The van der Waals surface area contributed by atoms with E-state index in [1.807, 2.05) is 13.1 Å². The Kier molecular flexibility index (Phi) is 3.18. The third-order valence-electron chi connectivity index (χ3n) is 3.48. The van der Waals surface area contributed by atoms with E-state index < -0.39 is 0 Å². The molecule has 0 saturated heterocycles. The van der Waals surface area contributed by atoms with Crippen molar-refractivity contribution in [3.8, 4) is 0 Å². The van der Waals surface area contributed by atoms with E-state index in [1.54, 1.807) is 22.4 Å². The number of thioether (sulfide) groups is 1. The van der Waals surface area contributed by atoms with Crippen molar-refractivity contribution in [3.63, 3.8) is 0 Å². The highest BCUT2D eigenvalue weighted by molar-refractivity contribution is 7.99. The Morgan fingerprint density at radius 3 is 3.00 bits per heavy atom. The summed E-state index contributed by atoms with van der Waals surface area (Å²) in [5.41, 5.74) is 8.00. The lowest BCUT2D eigenvalue weighted by Crippen LogP contribution is -2.08. The number of benzene rings is 1. The minimum absolute atomic E-state index is 0.177. The van der Waals surface area contributed by atoms with Gasteiger partial charge >= 0.3 is 0 Å². The normalized spacial score (nSPS) is 18.3. The topological polar surface area (TPSA) is 56.7 Å². The van der Waals surface area contributed by atoms with Crippen molar-refractivity contribution in [2.45, 2.75) is 29.7 Å². The number of nitrogen functional groups attached to an aromatic ring is 1. The standard InChI is InChI=1S/C13H15FN4S/c1-18-12(15)16-17-13(18)19-11-4-2-3-8-5-6-9(14)7-10(8)11/h5-7,11H,2-4H2,1H3,(H2,15,16). The molecule has 3 rings (SSSR count). The summed E-state index contributed by atoms with van der Waals surface area (Å²) in [5, 5.41) is 8.91. The maximum atomic E-state index is 13.4. The zero-order valence-corrected chi connectivity index (χ0v) is 11.5. The van der Waals surface area contributed by atoms with Crippen LogP contribution in [0.3, 0.4) is 0 Å². The summed E-state index contributed by atoms with van der Waals surface area (Å²) in [6.07, 6.45) is 3.16. The number of aryl methyl sites for hydroxylation is 1. The molecular formula is C13H15FN4S. The smallest absolute Gasteiger partial charge is 0.222 e. The van der Waals surface area contributed by atoms with Crippen molar-refractivity contribution in [1.82, 2.24) is 14.8 Å². The maximum Gasteiger partial charge on any atom is 0.222 e. The van der Waals surface area contributed by atoms with Crippen LogP contribution in [-0.2, 0) is 13.5 Å². The first kappa shape index (κ1) is 12.5. The highest BCUT2D eigenvalue weighted by atomic mass is 32.2. The molecule has 1 aliphatic carbocycles. The van der Waals surface area contributed by atoms with Crippen LogP contribution < -0.4 is 5.73 Å². The number of fused-ring (bicyclic) bond motifs is 1. The first-order chi connectivity index (χ1) is 9.15. The Bertz CT molecular complexity index is 611. The van der Waals surface area contributed by atoms with Crippen LogP contribution in [0.2, 0.25) is 0 Å². The fourth-order valence-corrected chi connectivity index (χ4v) is 3.63. The molecule has 19 heavy (non-hydrogen) atoms. The molecule has 0 amide bonds. The quantitative estimate of drug-likeness (QED) is 0.917. The monoisotopic (exact) mass is 278 g/mol. The lowest BCUT2D eigenvalue weighted by atomic mass is 9.91. The van der Waals surface area contributed by atoms with Gasteiger partial charge in [0.2, 0.25) is 5.95 Å². The summed E-state index contributed by atoms with van der Waals surface area (Å²) in [4.78, 5) is 0. The second-order valence-electron chi connectivity index (χ2n) is 4.74. The van der Waals surface area contributed by atoms with Crippen LogP contribution in [0, 0.1) is 5.82 Å². The Balaban J connectivity index is 1.91. The number of nitrogens with zero attached hydrogens (tertiary/aromatic N) is 3. The summed E-state index contributed by atoms with van der Waals surface area (Å²) in [5.74, 6) is 0.224. The van der Waals surface area contributed by atoms with Gasteiger partial charge in [0.15, 0.2) is 5.16 Å². The third kappa shape index (κ3) is 2.32. The summed E-state index contributed by atoms with van der Waals surface area (Å²) >= 11 is 1.61. The predicted octanol–water partition coefficient (Wildman–Crippen LogP) is 2.71. The maximum absolute atomic E-state index is 13.4. The molecule has 0 bridgehead atoms. The van der Waals surface area contributed by atoms with E-state index >= 15 is 0 Å². The molecule has 0 radical (unpaired) electrons. The van der Waals surface area contributed by atoms with Crippen molar-refractivity contribution in [2.75, 3.05) is 5.73 Å². The Morgan fingerprint density at radius 2 is 2.26 bits per heavy atom. The third-order valence-corrected chi connectivity index (χ3v) is 4.82. The molecular weight excluding hydrogens is 263 g/mol. The number of hydrogen-bond donors (Lipinski definition) is 1. The molecule has 0 spiro atoms. The zero-order chi connectivity index (χ0) is 13.4. The van der Waals surface area contributed by atoms with Crippen LogP contribution in [-0.4, -0.2) is 14.8 Å². The molecule has 1 aromatic carbocycles. The summed E-state index contributed by atoms with van der Waals surface area (Å²) in [6.45, 7) is 0. The van der Waals surface area contributed by atoms with Crippen molar-refractivity contribution < 1.29 is 4.39 Å². The van der Waals surface area contributed by atoms with Crippen LogP contribution in [0.25, 0.3) is 0 Å². The van der Waals surface area contributed by atoms with E-state index in [1.165, 1.54) is 11.6 Å². The number of aromatic nitrogens is 3. The van der Waals surface area contributed by atoms with Crippen LogP contribution >= 0.6 is 11.8 Å². The second kappa shape index (κ2) is 4.85. The average molecular weight is 278 g/mol. The van der Waals surface area contributed by atoms with Crippen molar-refractivity contribution in [3.05, 3.63) is 35.1 Å². The highest BCUT2D eigenvalue weighted by Gasteiger charge is 2.23. The first-order valence-corrected chi connectivity index (χ1v) is 7.13. The highest BCUT2D eigenvalue weighted by Crippen LogP contribution is 2.43. The molecule has 1 aromatic heterocycles. The lowest BCUT2D eigenvalue weighted by Gasteiger charge is -2.24. The van der Waals surface area contributed by atoms with Gasteiger partial charge in [0.25, 0.3) is 0 Å². The Hall–Kier alpha value is -1.56. The summed E-state index contributed by atoms with van der Waals surface area (Å²) < 4.78 is 15.2. The molecule has 1 aliphatic rings. The van der Waals surface area contributed by atoms with Crippen LogP contribution in [0.15, 0.2) is 23.4 Å². The summed E-state index contributed by atoms with van der Waals surface area (Å²) in [6, 6.07) is 5.07. The van der Waals surface area contributed by atoms with E-state index in [9.17, 15) is 4.39 Å². The fourth-order valence-electron chi connectivity index (χ4n) is 2.41. The van der Waals surface area contributed by atoms with Gasteiger partial charge in [0.1, 0.15) is 5.82 Å². The fraction of sp³-hybridized carbons (Fsp3) is 0.385. The minimum atomic E-state index is -0.177. The van der Waals surface area contributed by atoms with Gasteiger partial charge in [0.05, 0.1) is 0 Å². The van der Waals surface area contributed by atoms with Gasteiger partial charge in [-0.2, -0.15) is 0 Å². The van der Waals surface area contributed by atoms with Crippen molar-refractivity contribution in [2.24, 2.45) is 7.05 Å². The van der Waals surface area contributed by atoms with Gasteiger partial charge in [-0.1, -0.05) is 17.8 Å². The Labute approximate surface area is 115 Å². The summed E-state index contributed by atoms with van der Waals surface area (Å²) in [7, 11) is 1.84. The van der Waals surface area contributed by atoms with E-state index in [0.29, 0.717) is 5.95 Å². The van der Waals surface area contributed by atoms with Gasteiger partial charge in [-0.05, 0) is 42.5 Å². The van der Waals surface area contributed by atoms with Gasteiger partial charge in [-0.25, -0.2) is 4.39 Å². The van der Waals surface area contributed by atoms with E-state index in [-0.39, 0.29) is 11.1 Å². The molecule has 100 valence electrons. The molecule has 0 aliphatic heterocycles. The van der Waals surface area contributed by atoms with Gasteiger partial charge in [-0.15, -0.1) is 10.2 Å². The van der Waals surface area contributed by atoms with E-state index in [0.717, 1.165) is 30.0 Å². The number of hydrogen-bond acceptors (Lipinski definition) is 4. The van der Waals surface area contributed by atoms with Gasteiger partial charge in [0, 0.05) is 12.3 Å². The van der Waals surface area contributed by atoms with Crippen molar-refractivity contribution >= 4 is 17.7 Å². The van der Waals surface area contributed by atoms with Crippen molar-refractivity contribution in [1.29, 1.82) is 0 Å². The molecule has 1 unspecified atom stereocenters. The van der Waals surface area contributed by atoms with Crippen LogP contribution in [0.4, 0.5) is 10.3 Å². The molecule has 1 heterocycles. The number of halogens is 1. The number of anilines is 1. The van der Waals surface area contributed by atoms with Crippen LogP contribution in [0.5, 0.6) is 0 Å². The lowest BCUT2D eigenvalue weighted by molar-refractivity contribution is 0.611. The molecule has 2 N–H and O–H groups in total. The average Bonchev–Trinajstić information content (AvgIpc) is 2.71. The molecule has 1 atom stereocenters. The zero-order valence-electron chi connectivity index (χ0n) is 10.6. The largest absolute Gasteiger partial charge is 0.368 e. The second-order valence-corrected chi connectivity index (χ2v) is 5.91. The van der Waals surface area contributed by atoms with E-state index in [4.69, 9.17) is 5.73 Å².